The highest BCUT2D eigenvalue weighted by molar-refractivity contribution is 6.48. The summed E-state index contributed by atoms with van der Waals surface area (Å²) in [6, 6.07) is 0. The van der Waals surface area contributed by atoms with Gasteiger partial charge in [0.1, 0.15) is 0 Å². The molecule has 0 aliphatic carbocycles. The van der Waals surface area contributed by atoms with Crippen LogP contribution < -0.4 is 0 Å². The van der Waals surface area contributed by atoms with E-state index in [1.807, 2.05) is 13.6 Å². The molecule has 0 radical (unpaired) electrons. The van der Waals surface area contributed by atoms with Crippen molar-refractivity contribution in [2.24, 2.45) is 0 Å². The van der Waals surface area contributed by atoms with Crippen molar-refractivity contribution in [2.45, 2.75) is 13.6 Å². The third-order valence-corrected chi connectivity index (χ3v) is 0.471. The molecule has 0 aliphatic heterocycles. The average molecular weight is 71.9 g/mol. The third-order valence-electron chi connectivity index (χ3n) is 0.471. The zero-order valence-corrected chi connectivity index (χ0v) is 3.99. The maximum atomic E-state index is 4.75. The second-order valence-electron chi connectivity index (χ2n) is 1.28. The fraction of sp³-hybridized carbons (Fsp3) is 1.00. The standard InChI is InChI=1S/C3H9BO/c1-4(2)5-3/h1-3H3. The molecule has 0 bridgehead atoms. The lowest BCUT2D eigenvalue weighted by molar-refractivity contribution is 0.430. The first-order valence-electron chi connectivity index (χ1n) is 1.80. The summed E-state index contributed by atoms with van der Waals surface area (Å²) < 4.78 is 4.75. The molecule has 1 nitrogen and oxygen atoms in total. The molecule has 0 saturated heterocycles. The molecule has 0 saturated carbocycles. The predicted octanol–water partition coefficient (Wildman–Crippen LogP) is 0.884. The highest BCUT2D eigenvalue weighted by atomic mass is 16.4. The van der Waals surface area contributed by atoms with Gasteiger partial charge in [-0.15, -0.1) is 0 Å². The molecule has 0 heterocycles. The van der Waals surface area contributed by atoms with Crippen LogP contribution in [-0.4, -0.2) is 14.0 Å². The van der Waals surface area contributed by atoms with Crippen LogP contribution in [0.4, 0.5) is 0 Å². The molecule has 0 unspecified atom stereocenters. The van der Waals surface area contributed by atoms with Gasteiger partial charge in [-0.1, -0.05) is 13.6 Å². The van der Waals surface area contributed by atoms with Crippen LogP contribution >= 0.6 is 0 Å². The van der Waals surface area contributed by atoms with Crippen LogP contribution in [0.15, 0.2) is 0 Å². The zero-order chi connectivity index (χ0) is 4.28. The van der Waals surface area contributed by atoms with Crippen molar-refractivity contribution in [2.75, 3.05) is 7.11 Å². The molecule has 0 rings (SSSR count). The molecular formula is C3H9BO. The van der Waals surface area contributed by atoms with Gasteiger partial charge < -0.3 is 4.65 Å². The van der Waals surface area contributed by atoms with E-state index >= 15 is 0 Å². The van der Waals surface area contributed by atoms with Crippen LogP contribution in [0.1, 0.15) is 0 Å². The van der Waals surface area contributed by atoms with Crippen LogP contribution in [0.25, 0.3) is 0 Å². The first kappa shape index (κ1) is 5.02. The average Bonchev–Trinajstić information content (AvgIpc) is 1.38. The second kappa shape index (κ2) is 2.27. The Bertz CT molecular complexity index is 20.9. The van der Waals surface area contributed by atoms with Gasteiger partial charge >= 0.3 is 0 Å². The summed E-state index contributed by atoms with van der Waals surface area (Å²) in [6.45, 7) is 4.38. The van der Waals surface area contributed by atoms with Crippen molar-refractivity contribution in [3.05, 3.63) is 0 Å². The molecule has 0 aromatic carbocycles. The van der Waals surface area contributed by atoms with Crippen molar-refractivity contribution in [1.29, 1.82) is 0 Å². The van der Waals surface area contributed by atoms with Gasteiger partial charge in [-0.2, -0.15) is 0 Å². The Morgan fingerprint density at radius 3 is 1.60 bits per heavy atom. The molecular weight excluding hydrogens is 62.8 g/mol. The van der Waals surface area contributed by atoms with E-state index in [9.17, 15) is 0 Å². The van der Waals surface area contributed by atoms with Crippen LogP contribution in [0, 0.1) is 0 Å². The molecule has 0 N–H and O–H groups in total. The molecule has 0 atom stereocenters. The maximum absolute atomic E-state index is 4.75. The number of rotatable bonds is 1. The molecule has 5 heavy (non-hydrogen) atoms. The Hall–Kier alpha value is 0.0249. The third kappa shape index (κ3) is 4.02. The number of hydrogen-bond acceptors (Lipinski definition) is 1. The van der Waals surface area contributed by atoms with Crippen molar-refractivity contribution in [1.82, 2.24) is 0 Å². The van der Waals surface area contributed by atoms with Gasteiger partial charge in [-0.25, -0.2) is 0 Å². The van der Waals surface area contributed by atoms with E-state index in [1.165, 1.54) is 0 Å². The van der Waals surface area contributed by atoms with Crippen molar-refractivity contribution in [3.63, 3.8) is 0 Å². The van der Waals surface area contributed by atoms with Crippen LogP contribution in [0.2, 0.25) is 13.6 Å². The Balaban J connectivity index is 2.54. The summed E-state index contributed by atoms with van der Waals surface area (Å²) in [5, 5.41) is 0. The van der Waals surface area contributed by atoms with Gasteiger partial charge in [-0.05, 0) is 0 Å². The van der Waals surface area contributed by atoms with E-state index < -0.39 is 0 Å². The van der Waals surface area contributed by atoms with Crippen molar-refractivity contribution < 1.29 is 4.65 Å². The van der Waals surface area contributed by atoms with Gasteiger partial charge in [0.15, 0.2) is 0 Å². The van der Waals surface area contributed by atoms with Crippen LogP contribution in [-0.2, 0) is 4.65 Å². The highest BCUT2D eigenvalue weighted by Gasteiger charge is 1.88. The fourth-order valence-electron chi connectivity index (χ4n) is 0. The smallest absolute Gasteiger partial charge is 0.286 e. The van der Waals surface area contributed by atoms with E-state index in [0.717, 1.165) is 0 Å². The summed E-state index contributed by atoms with van der Waals surface area (Å²) in [5.41, 5.74) is 0. The van der Waals surface area contributed by atoms with Gasteiger partial charge in [-0.3, -0.25) is 0 Å². The number of hydrogen-bond donors (Lipinski definition) is 0. The second-order valence-corrected chi connectivity index (χ2v) is 1.28. The van der Waals surface area contributed by atoms with Gasteiger partial charge in [0, 0.05) is 7.11 Å². The largest absolute Gasteiger partial charge is 0.439 e. The minimum atomic E-state index is 0.384. The Kier molecular flexibility index (Phi) is 2.28. The maximum Gasteiger partial charge on any atom is 0.286 e. The molecule has 30 valence electrons. The van der Waals surface area contributed by atoms with E-state index in [4.69, 9.17) is 4.65 Å². The Labute approximate surface area is 33.4 Å². The summed E-state index contributed by atoms with van der Waals surface area (Å²) in [6.07, 6.45) is 0. The molecule has 0 aliphatic rings. The summed E-state index contributed by atoms with van der Waals surface area (Å²) in [4.78, 5) is 0. The normalized spacial score (nSPS) is 7.80. The zero-order valence-electron chi connectivity index (χ0n) is 3.99. The SMILES string of the molecule is COB(C)C. The lowest BCUT2D eigenvalue weighted by Gasteiger charge is -1.89. The van der Waals surface area contributed by atoms with Crippen molar-refractivity contribution >= 4 is 6.92 Å². The molecule has 0 aromatic heterocycles. The van der Waals surface area contributed by atoms with E-state index in [1.54, 1.807) is 7.11 Å². The predicted molar refractivity (Wildman–Crippen MR) is 24.5 cm³/mol. The topological polar surface area (TPSA) is 9.23 Å². The van der Waals surface area contributed by atoms with E-state index in [-0.39, 0.29) is 0 Å². The minimum absolute atomic E-state index is 0.384. The summed E-state index contributed by atoms with van der Waals surface area (Å²) in [5.74, 6) is 0. The summed E-state index contributed by atoms with van der Waals surface area (Å²) >= 11 is 0. The first-order chi connectivity index (χ1) is 2.27. The fourth-order valence-corrected chi connectivity index (χ4v) is 0. The van der Waals surface area contributed by atoms with Gasteiger partial charge in [0.2, 0.25) is 0 Å². The van der Waals surface area contributed by atoms with E-state index in [2.05, 4.69) is 0 Å². The lowest BCUT2D eigenvalue weighted by Crippen LogP contribution is -2.00. The molecule has 0 amide bonds. The quantitative estimate of drug-likeness (QED) is 0.418. The highest BCUT2D eigenvalue weighted by Crippen LogP contribution is 1.73. The minimum Gasteiger partial charge on any atom is -0.439 e. The van der Waals surface area contributed by atoms with Crippen LogP contribution in [0.3, 0.4) is 0 Å². The molecule has 0 spiro atoms. The Morgan fingerprint density at radius 1 is 1.40 bits per heavy atom. The molecule has 0 fully saturated rings. The van der Waals surface area contributed by atoms with Gasteiger partial charge in [0.25, 0.3) is 6.92 Å². The van der Waals surface area contributed by atoms with Crippen molar-refractivity contribution in [3.8, 4) is 0 Å². The molecule has 2 heteroatoms. The van der Waals surface area contributed by atoms with E-state index in [0.29, 0.717) is 6.92 Å². The Morgan fingerprint density at radius 2 is 1.60 bits per heavy atom. The monoisotopic (exact) mass is 72.1 g/mol. The molecule has 0 aromatic rings. The van der Waals surface area contributed by atoms with Crippen LogP contribution in [0.5, 0.6) is 0 Å². The van der Waals surface area contributed by atoms with Gasteiger partial charge in [0.05, 0.1) is 0 Å². The first-order valence-corrected chi connectivity index (χ1v) is 1.80. The lowest BCUT2D eigenvalue weighted by atomic mass is 9.75. The summed E-state index contributed by atoms with van der Waals surface area (Å²) in [7, 11) is 1.70.